The van der Waals surface area contributed by atoms with Gasteiger partial charge in [0.2, 0.25) is 0 Å². The fourth-order valence-corrected chi connectivity index (χ4v) is 1.16. The molecule has 0 fully saturated rings. The second kappa shape index (κ2) is 7.56. The van der Waals surface area contributed by atoms with Gasteiger partial charge in [-0.3, -0.25) is 0 Å². The number of carbonyl (C=O) groups is 1. The molecule has 1 atom stereocenters. The molecule has 0 aliphatic heterocycles. The second-order valence-corrected chi connectivity index (χ2v) is 3.48. The maximum absolute atomic E-state index is 10.6. The summed E-state index contributed by atoms with van der Waals surface area (Å²) in [5.74, 6) is -0.833. The molecule has 0 aromatic heterocycles. The van der Waals surface area contributed by atoms with E-state index in [-0.39, 0.29) is 6.04 Å². The zero-order valence-corrected chi connectivity index (χ0v) is 9.34. The highest BCUT2D eigenvalue weighted by molar-refractivity contribution is 5.85. The molecule has 3 nitrogen and oxygen atoms in total. The van der Waals surface area contributed by atoms with E-state index in [0.29, 0.717) is 5.57 Å². The van der Waals surface area contributed by atoms with Gasteiger partial charge in [-0.05, 0) is 26.3 Å². The molecule has 3 heteroatoms. The number of unbranched alkanes of at least 4 members (excludes halogenated alkanes) is 1. The number of carboxylic acid groups (broad SMARTS) is 1. The van der Waals surface area contributed by atoms with Crippen LogP contribution in [0.4, 0.5) is 0 Å². The van der Waals surface area contributed by atoms with E-state index in [1.807, 2.05) is 0 Å². The number of hydrogen-bond acceptors (Lipinski definition) is 2. The van der Waals surface area contributed by atoms with Crippen molar-refractivity contribution in [1.82, 2.24) is 5.32 Å². The summed E-state index contributed by atoms with van der Waals surface area (Å²) >= 11 is 0. The average molecular weight is 199 g/mol. The first kappa shape index (κ1) is 13.2. The highest BCUT2D eigenvalue weighted by atomic mass is 16.4. The van der Waals surface area contributed by atoms with Crippen molar-refractivity contribution in [3.05, 3.63) is 11.6 Å². The molecular formula is C11H21NO2. The van der Waals surface area contributed by atoms with Crippen LogP contribution < -0.4 is 5.32 Å². The van der Waals surface area contributed by atoms with Crippen LogP contribution >= 0.6 is 0 Å². The molecule has 0 aliphatic rings. The van der Waals surface area contributed by atoms with Crippen molar-refractivity contribution in [2.45, 2.75) is 46.1 Å². The van der Waals surface area contributed by atoms with Crippen LogP contribution in [0.3, 0.4) is 0 Å². The minimum atomic E-state index is -0.833. The first-order chi connectivity index (χ1) is 6.61. The Morgan fingerprint density at radius 1 is 1.50 bits per heavy atom. The van der Waals surface area contributed by atoms with E-state index >= 15 is 0 Å². The van der Waals surface area contributed by atoms with Gasteiger partial charge >= 0.3 is 5.97 Å². The molecule has 0 radical (unpaired) electrons. The smallest absolute Gasteiger partial charge is 0.331 e. The SMILES string of the molecule is CCCCNC(C=C(C)C(=O)O)CC. The van der Waals surface area contributed by atoms with Crippen molar-refractivity contribution in [2.24, 2.45) is 0 Å². The molecule has 14 heavy (non-hydrogen) atoms. The third kappa shape index (κ3) is 5.75. The van der Waals surface area contributed by atoms with E-state index in [1.165, 1.54) is 0 Å². The molecule has 82 valence electrons. The van der Waals surface area contributed by atoms with Gasteiger partial charge in [0, 0.05) is 11.6 Å². The van der Waals surface area contributed by atoms with Crippen LogP contribution in [-0.2, 0) is 4.79 Å². The van der Waals surface area contributed by atoms with Crippen LogP contribution in [0.2, 0.25) is 0 Å². The molecule has 1 unspecified atom stereocenters. The van der Waals surface area contributed by atoms with Crippen molar-refractivity contribution in [3.63, 3.8) is 0 Å². The van der Waals surface area contributed by atoms with E-state index < -0.39 is 5.97 Å². The third-order valence-corrected chi connectivity index (χ3v) is 2.17. The first-order valence-electron chi connectivity index (χ1n) is 5.26. The van der Waals surface area contributed by atoms with Gasteiger partial charge in [-0.1, -0.05) is 26.3 Å². The molecule has 0 saturated heterocycles. The monoisotopic (exact) mass is 199 g/mol. The highest BCUT2D eigenvalue weighted by Gasteiger charge is 2.05. The van der Waals surface area contributed by atoms with Gasteiger partial charge in [0.1, 0.15) is 0 Å². The number of aliphatic carboxylic acids is 1. The largest absolute Gasteiger partial charge is 0.478 e. The Kier molecular flexibility index (Phi) is 7.11. The van der Waals surface area contributed by atoms with E-state index in [4.69, 9.17) is 5.11 Å². The lowest BCUT2D eigenvalue weighted by Gasteiger charge is -2.12. The van der Waals surface area contributed by atoms with Crippen molar-refractivity contribution < 1.29 is 9.90 Å². The molecule has 2 N–H and O–H groups in total. The second-order valence-electron chi connectivity index (χ2n) is 3.48. The maximum Gasteiger partial charge on any atom is 0.331 e. The molecule has 0 aromatic rings. The quantitative estimate of drug-likeness (QED) is 0.488. The Morgan fingerprint density at radius 2 is 2.14 bits per heavy atom. The van der Waals surface area contributed by atoms with Gasteiger partial charge in [-0.25, -0.2) is 4.79 Å². The molecule has 0 bridgehead atoms. The average Bonchev–Trinajstić information content (AvgIpc) is 2.16. The van der Waals surface area contributed by atoms with Gasteiger partial charge in [0.25, 0.3) is 0 Å². The normalized spacial score (nSPS) is 14.1. The number of carboxylic acids is 1. The Morgan fingerprint density at radius 3 is 2.57 bits per heavy atom. The lowest BCUT2D eigenvalue weighted by atomic mass is 10.1. The first-order valence-corrected chi connectivity index (χ1v) is 5.26. The molecule has 0 aliphatic carbocycles. The summed E-state index contributed by atoms with van der Waals surface area (Å²) in [5, 5.41) is 12.0. The Labute approximate surface area is 86.2 Å². The topological polar surface area (TPSA) is 49.3 Å². The van der Waals surface area contributed by atoms with Crippen molar-refractivity contribution >= 4 is 5.97 Å². The summed E-state index contributed by atoms with van der Waals surface area (Å²) in [5.41, 5.74) is 0.417. The van der Waals surface area contributed by atoms with Crippen molar-refractivity contribution in [1.29, 1.82) is 0 Å². The van der Waals surface area contributed by atoms with E-state index in [0.717, 1.165) is 25.8 Å². The highest BCUT2D eigenvalue weighted by Crippen LogP contribution is 2.00. The summed E-state index contributed by atoms with van der Waals surface area (Å²) in [6.07, 6.45) is 5.01. The van der Waals surface area contributed by atoms with E-state index in [9.17, 15) is 4.79 Å². The standard InChI is InChI=1S/C11H21NO2/c1-4-6-7-12-10(5-2)8-9(3)11(13)14/h8,10,12H,4-7H2,1-3H3,(H,13,14). The molecule has 0 rings (SSSR count). The van der Waals surface area contributed by atoms with E-state index in [1.54, 1.807) is 13.0 Å². The fourth-order valence-electron chi connectivity index (χ4n) is 1.16. The Hall–Kier alpha value is -0.830. The van der Waals surface area contributed by atoms with Crippen molar-refractivity contribution in [2.75, 3.05) is 6.54 Å². The third-order valence-electron chi connectivity index (χ3n) is 2.17. The molecule has 0 amide bonds. The number of hydrogen-bond donors (Lipinski definition) is 2. The van der Waals surface area contributed by atoms with Gasteiger partial charge in [-0.2, -0.15) is 0 Å². The van der Waals surface area contributed by atoms with Crippen LogP contribution in [0.5, 0.6) is 0 Å². The predicted octanol–water partition coefficient (Wildman–Crippen LogP) is 2.19. The zero-order chi connectivity index (χ0) is 11.0. The minimum absolute atomic E-state index is 0.192. The van der Waals surface area contributed by atoms with Gasteiger partial charge in [0.05, 0.1) is 0 Å². The zero-order valence-electron chi connectivity index (χ0n) is 9.34. The summed E-state index contributed by atoms with van der Waals surface area (Å²) in [7, 11) is 0. The molecule has 0 aromatic carbocycles. The number of nitrogens with one attached hydrogen (secondary N) is 1. The van der Waals surface area contributed by atoms with Crippen LogP contribution in [0.1, 0.15) is 40.0 Å². The Balaban J connectivity index is 4.01. The van der Waals surface area contributed by atoms with Gasteiger partial charge < -0.3 is 10.4 Å². The van der Waals surface area contributed by atoms with Gasteiger partial charge in [-0.15, -0.1) is 0 Å². The number of rotatable bonds is 7. The summed E-state index contributed by atoms with van der Waals surface area (Å²) < 4.78 is 0. The van der Waals surface area contributed by atoms with Crippen LogP contribution in [0.15, 0.2) is 11.6 Å². The summed E-state index contributed by atoms with van der Waals surface area (Å²) in [6, 6.07) is 0.192. The van der Waals surface area contributed by atoms with Crippen molar-refractivity contribution in [3.8, 4) is 0 Å². The van der Waals surface area contributed by atoms with Crippen LogP contribution in [-0.4, -0.2) is 23.7 Å². The lowest BCUT2D eigenvalue weighted by Crippen LogP contribution is -2.28. The molecular weight excluding hydrogens is 178 g/mol. The van der Waals surface area contributed by atoms with Crippen LogP contribution in [0.25, 0.3) is 0 Å². The summed E-state index contributed by atoms with van der Waals surface area (Å²) in [6.45, 7) is 6.78. The fraction of sp³-hybridized carbons (Fsp3) is 0.727. The molecule has 0 heterocycles. The Bertz CT molecular complexity index is 199. The van der Waals surface area contributed by atoms with Gasteiger partial charge in [0.15, 0.2) is 0 Å². The molecule has 0 saturated carbocycles. The predicted molar refractivity (Wildman–Crippen MR) is 58.4 cm³/mol. The van der Waals surface area contributed by atoms with Crippen LogP contribution in [0, 0.1) is 0 Å². The molecule has 0 spiro atoms. The lowest BCUT2D eigenvalue weighted by molar-refractivity contribution is -0.132. The van der Waals surface area contributed by atoms with E-state index in [2.05, 4.69) is 19.2 Å². The summed E-state index contributed by atoms with van der Waals surface area (Å²) in [4.78, 5) is 10.6. The maximum atomic E-state index is 10.6. The minimum Gasteiger partial charge on any atom is -0.478 e.